The summed E-state index contributed by atoms with van der Waals surface area (Å²) in [4.78, 5) is 21.8. The molecular weight excluding hydrogens is 270 g/mol. The zero-order chi connectivity index (χ0) is 14.8. The second-order valence-electron chi connectivity index (χ2n) is 5.18. The van der Waals surface area contributed by atoms with Gasteiger partial charge in [-0.25, -0.2) is 9.97 Å². The van der Waals surface area contributed by atoms with Gasteiger partial charge in [0.15, 0.2) is 0 Å². The lowest BCUT2D eigenvalue weighted by Gasteiger charge is -2.31. The molecule has 21 heavy (non-hydrogen) atoms. The van der Waals surface area contributed by atoms with Crippen LogP contribution in [0.1, 0.15) is 12.8 Å². The Balaban J connectivity index is 1.92. The van der Waals surface area contributed by atoms with Gasteiger partial charge in [0.1, 0.15) is 17.9 Å². The number of piperidine rings is 1. The topological polar surface area (TPSA) is 75.6 Å². The van der Waals surface area contributed by atoms with Crippen LogP contribution in [0.2, 0.25) is 0 Å². The quantitative estimate of drug-likeness (QED) is 0.929. The highest BCUT2D eigenvalue weighted by molar-refractivity contribution is 5.90. The van der Waals surface area contributed by atoms with E-state index in [1.165, 1.54) is 0 Å². The van der Waals surface area contributed by atoms with Gasteiger partial charge >= 0.3 is 5.97 Å². The highest BCUT2D eigenvalue weighted by Crippen LogP contribution is 2.29. The average Bonchev–Trinajstić information content (AvgIpc) is 2.54. The predicted molar refractivity (Wildman–Crippen MR) is 78.7 cm³/mol. The number of carboxylic acids is 1. The lowest BCUT2D eigenvalue weighted by molar-refractivity contribution is -0.142. The van der Waals surface area contributed by atoms with E-state index in [1.54, 1.807) is 13.4 Å². The van der Waals surface area contributed by atoms with Crippen molar-refractivity contribution in [2.45, 2.75) is 12.8 Å². The van der Waals surface area contributed by atoms with Crippen LogP contribution in [-0.4, -0.2) is 41.2 Å². The molecule has 3 rings (SSSR count). The van der Waals surface area contributed by atoms with E-state index in [9.17, 15) is 4.79 Å². The smallest absolute Gasteiger partial charge is 0.306 e. The van der Waals surface area contributed by atoms with Crippen LogP contribution >= 0.6 is 0 Å². The first-order valence-electron chi connectivity index (χ1n) is 6.95. The van der Waals surface area contributed by atoms with E-state index in [2.05, 4.69) is 14.9 Å². The van der Waals surface area contributed by atoms with Crippen LogP contribution in [0, 0.1) is 5.92 Å². The summed E-state index contributed by atoms with van der Waals surface area (Å²) >= 11 is 0. The Morgan fingerprint density at radius 1 is 1.33 bits per heavy atom. The number of ether oxygens (including phenoxy) is 1. The van der Waals surface area contributed by atoms with Crippen molar-refractivity contribution in [1.82, 2.24) is 9.97 Å². The molecule has 1 aromatic heterocycles. The van der Waals surface area contributed by atoms with Crippen LogP contribution in [0.3, 0.4) is 0 Å². The highest BCUT2D eigenvalue weighted by Gasteiger charge is 2.26. The molecule has 1 fully saturated rings. The third-order valence-electron chi connectivity index (χ3n) is 3.97. The molecule has 1 aromatic carbocycles. The van der Waals surface area contributed by atoms with E-state index in [-0.39, 0.29) is 5.92 Å². The number of benzene rings is 1. The molecule has 6 nitrogen and oxygen atoms in total. The Morgan fingerprint density at radius 2 is 2.10 bits per heavy atom. The standard InChI is InChI=1S/C15H17N3O3/c1-21-11-2-3-13-12(8-11)14(17-9-16-13)18-6-4-10(5-7-18)15(19)20/h2-3,8-10H,4-7H2,1H3,(H,19,20). The molecule has 2 aromatic rings. The van der Waals surface area contributed by atoms with Crippen LogP contribution < -0.4 is 9.64 Å². The Kier molecular flexibility index (Phi) is 3.60. The van der Waals surface area contributed by atoms with Crippen molar-refractivity contribution < 1.29 is 14.6 Å². The maximum absolute atomic E-state index is 11.0. The van der Waals surface area contributed by atoms with Crippen molar-refractivity contribution in [3.05, 3.63) is 24.5 Å². The van der Waals surface area contributed by atoms with E-state index < -0.39 is 5.97 Å². The third kappa shape index (κ3) is 2.61. The van der Waals surface area contributed by atoms with Gasteiger partial charge in [-0.15, -0.1) is 0 Å². The number of fused-ring (bicyclic) bond motifs is 1. The van der Waals surface area contributed by atoms with Crippen LogP contribution in [0.5, 0.6) is 5.75 Å². The van der Waals surface area contributed by atoms with Gasteiger partial charge in [-0.2, -0.15) is 0 Å². The van der Waals surface area contributed by atoms with Crippen LogP contribution in [0.25, 0.3) is 10.9 Å². The fraction of sp³-hybridized carbons (Fsp3) is 0.400. The van der Waals surface area contributed by atoms with Crippen LogP contribution in [0.4, 0.5) is 5.82 Å². The molecule has 0 spiro atoms. The number of carboxylic acid groups (broad SMARTS) is 1. The van der Waals surface area contributed by atoms with Gasteiger partial charge < -0.3 is 14.7 Å². The molecule has 0 radical (unpaired) electrons. The summed E-state index contributed by atoms with van der Waals surface area (Å²) in [5.41, 5.74) is 0.862. The summed E-state index contributed by atoms with van der Waals surface area (Å²) in [7, 11) is 1.63. The summed E-state index contributed by atoms with van der Waals surface area (Å²) in [6.45, 7) is 1.39. The summed E-state index contributed by atoms with van der Waals surface area (Å²) in [5, 5.41) is 10.0. The molecule has 0 saturated carbocycles. The number of aliphatic carboxylic acids is 1. The first-order valence-corrected chi connectivity index (χ1v) is 6.95. The first-order chi connectivity index (χ1) is 10.2. The molecule has 1 N–H and O–H groups in total. The monoisotopic (exact) mass is 287 g/mol. The van der Waals surface area contributed by atoms with Crippen LogP contribution in [0.15, 0.2) is 24.5 Å². The lowest BCUT2D eigenvalue weighted by Crippen LogP contribution is -2.36. The predicted octanol–water partition coefficient (Wildman–Crippen LogP) is 1.94. The van der Waals surface area contributed by atoms with E-state index in [0.717, 1.165) is 22.5 Å². The fourth-order valence-corrected chi connectivity index (χ4v) is 2.74. The van der Waals surface area contributed by atoms with Gasteiger partial charge in [0.2, 0.25) is 0 Å². The van der Waals surface area contributed by atoms with Crippen molar-refractivity contribution >= 4 is 22.7 Å². The normalized spacial score (nSPS) is 16.1. The zero-order valence-corrected chi connectivity index (χ0v) is 11.8. The summed E-state index contributed by atoms with van der Waals surface area (Å²) in [6.07, 6.45) is 2.84. The molecule has 0 aliphatic carbocycles. The average molecular weight is 287 g/mol. The van der Waals surface area contributed by atoms with Crippen molar-refractivity contribution in [3.63, 3.8) is 0 Å². The number of hydrogen-bond acceptors (Lipinski definition) is 5. The fourth-order valence-electron chi connectivity index (χ4n) is 2.74. The molecule has 110 valence electrons. The Morgan fingerprint density at radius 3 is 2.76 bits per heavy atom. The van der Waals surface area contributed by atoms with Gasteiger partial charge in [0.05, 0.1) is 18.5 Å². The second-order valence-corrected chi connectivity index (χ2v) is 5.18. The van der Waals surface area contributed by atoms with Gasteiger partial charge in [-0.1, -0.05) is 0 Å². The molecule has 6 heteroatoms. The number of carbonyl (C=O) groups is 1. The number of anilines is 1. The number of rotatable bonds is 3. The van der Waals surface area contributed by atoms with E-state index in [0.29, 0.717) is 25.9 Å². The molecule has 2 heterocycles. The van der Waals surface area contributed by atoms with E-state index in [4.69, 9.17) is 9.84 Å². The van der Waals surface area contributed by atoms with Crippen molar-refractivity contribution in [1.29, 1.82) is 0 Å². The number of methoxy groups -OCH3 is 1. The minimum Gasteiger partial charge on any atom is -0.497 e. The molecule has 1 saturated heterocycles. The Bertz CT molecular complexity index is 666. The van der Waals surface area contributed by atoms with E-state index in [1.807, 2.05) is 18.2 Å². The van der Waals surface area contributed by atoms with Crippen LogP contribution in [-0.2, 0) is 4.79 Å². The molecule has 0 atom stereocenters. The first kappa shape index (κ1) is 13.6. The molecule has 0 amide bonds. The van der Waals surface area contributed by atoms with Gasteiger partial charge in [0.25, 0.3) is 0 Å². The van der Waals surface area contributed by atoms with Crippen molar-refractivity contribution in [2.24, 2.45) is 5.92 Å². The largest absolute Gasteiger partial charge is 0.497 e. The van der Waals surface area contributed by atoms with Gasteiger partial charge in [-0.3, -0.25) is 4.79 Å². The molecule has 0 unspecified atom stereocenters. The third-order valence-corrected chi connectivity index (χ3v) is 3.97. The van der Waals surface area contributed by atoms with E-state index >= 15 is 0 Å². The Hall–Kier alpha value is -2.37. The zero-order valence-electron chi connectivity index (χ0n) is 11.8. The molecule has 1 aliphatic rings. The van der Waals surface area contributed by atoms with Gasteiger partial charge in [0, 0.05) is 18.5 Å². The van der Waals surface area contributed by atoms with Gasteiger partial charge in [-0.05, 0) is 31.0 Å². The number of nitrogens with zero attached hydrogens (tertiary/aromatic N) is 3. The summed E-state index contributed by atoms with van der Waals surface area (Å²) in [5.74, 6) is 0.662. The lowest BCUT2D eigenvalue weighted by atomic mass is 9.97. The number of aromatic nitrogens is 2. The molecular formula is C15H17N3O3. The van der Waals surface area contributed by atoms with Crippen molar-refractivity contribution in [2.75, 3.05) is 25.1 Å². The Labute approximate surface area is 122 Å². The molecule has 1 aliphatic heterocycles. The highest BCUT2D eigenvalue weighted by atomic mass is 16.5. The SMILES string of the molecule is COc1ccc2ncnc(N3CCC(C(=O)O)CC3)c2c1. The maximum atomic E-state index is 11.0. The molecule has 0 bridgehead atoms. The summed E-state index contributed by atoms with van der Waals surface area (Å²) < 4.78 is 5.26. The second kappa shape index (κ2) is 5.55. The van der Waals surface area contributed by atoms with Crippen molar-refractivity contribution in [3.8, 4) is 5.75 Å². The maximum Gasteiger partial charge on any atom is 0.306 e. The summed E-state index contributed by atoms with van der Waals surface area (Å²) in [6, 6.07) is 5.70. The number of hydrogen-bond donors (Lipinski definition) is 1. The minimum atomic E-state index is -0.705. The minimum absolute atomic E-state index is 0.246.